The smallest absolute Gasteiger partial charge is 0.412 e. The number of anilines is 2. The van der Waals surface area contributed by atoms with E-state index in [1.165, 1.54) is 0 Å². The molecule has 0 unspecified atom stereocenters. The van der Waals surface area contributed by atoms with Gasteiger partial charge in [0, 0.05) is 18.3 Å². The molecule has 0 aliphatic heterocycles. The number of nitrogens with one attached hydrogen (secondary N) is 1. The van der Waals surface area contributed by atoms with Crippen molar-refractivity contribution in [2.45, 2.75) is 33.3 Å². The standard InChI is InChI=1S/C16H22N4O2/c1-10-6-7-11(12-9-18-20(5)14(12)17)8-13(10)19-15(21)22-16(2,3)4/h6-9H,17H2,1-5H3,(H,19,21). The third-order valence-corrected chi connectivity index (χ3v) is 3.17. The molecular formula is C16H22N4O2. The summed E-state index contributed by atoms with van der Waals surface area (Å²) in [6, 6.07) is 5.74. The lowest BCUT2D eigenvalue weighted by Gasteiger charge is -2.20. The summed E-state index contributed by atoms with van der Waals surface area (Å²) in [6.07, 6.45) is 1.23. The highest BCUT2D eigenvalue weighted by Gasteiger charge is 2.17. The Morgan fingerprint density at radius 1 is 1.36 bits per heavy atom. The minimum absolute atomic E-state index is 0.480. The quantitative estimate of drug-likeness (QED) is 0.891. The van der Waals surface area contributed by atoms with Crippen molar-refractivity contribution in [3.8, 4) is 11.1 Å². The van der Waals surface area contributed by atoms with Crippen molar-refractivity contribution in [1.82, 2.24) is 9.78 Å². The first kappa shape index (κ1) is 15.9. The van der Waals surface area contributed by atoms with Gasteiger partial charge in [0.2, 0.25) is 0 Å². The average Bonchev–Trinajstić information content (AvgIpc) is 2.71. The molecule has 0 bridgehead atoms. The van der Waals surface area contributed by atoms with Crippen LogP contribution < -0.4 is 11.1 Å². The maximum atomic E-state index is 11.9. The lowest BCUT2D eigenvalue weighted by molar-refractivity contribution is 0.0636. The Morgan fingerprint density at radius 3 is 2.59 bits per heavy atom. The predicted molar refractivity (Wildman–Crippen MR) is 87.7 cm³/mol. The summed E-state index contributed by atoms with van der Waals surface area (Å²) in [4.78, 5) is 11.9. The molecule has 0 radical (unpaired) electrons. The van der Waals surface area contributed by atoms with E-state index < -0.39 is 11.7 Å². The number of carbonyl (C=O) groups is 1. The van der Waals surface area contributed by atoms with Crippen molar-refractivity contribution in [3.05, 3.63) is 30.0 Å². The van der Waals surface area contributed by atoms with E-state index in [-0.39, 0.29) is 0 Å². The van der Waals surface area contributed by atoms with Crippen LogP contribution in [0.1, 0.15) is 26.3 Å². The Balaban J connectivity index is 2.28. The van der Waals surface area contributed by atoms with E-state index in [4.69, 9.17) is 10.5 Å². The number of hydrogen-bond acceptors (Lipinski definition) is 4. The number of aromatic nitrogens is 2. The van der Waals surface area contributed by atoms with Crippen molar-refractivity contribution >= 4 is 17.6 Å². The number of aryl methyl sites for hydroxylation is 2. The molecule has 1 amide bonds. The molecule has 0 spiro atoms. The Labute approximate surface area is 130 Å². The van der Waals surface area contributed by atoms with Gasteiger partial charge < -0.3 is 10.5 Å². The van der Waals surface area contributed by atoms with Gasteiger partial charge in [0.15, 0.2) is 0 Å². The van der Waals surface area contributed by atoms with Gasteiger partial charge in [0.05, 0.1) is 6.20 Å². The molecule has 6 nitrogen and oxygen atoms in total. The summed E-state index contributed by atoms with van der Waals surface area (Å²) in [7, 11) is 1.78. The molecule has 3 N–H and O–H groups in total. The molecule has 118 valence electrons. The summed E-state index contributed by atoms with van der Waals surface area (Å²) >= 11 is 0. The second-order valence-corrected chi connectivity index (χ2v) is 6.22. The van der Waals surface area contributed by atoms with E-state index in [2.05, 4.69) is 10.4 Å². The van der Waals surface area contributed by atoms with Crippen LogP contribution in [0.5, 0.6) is 0 Å². The van der Waals surface area contributed by atoms with E-state index in [0.29, 0.717) is 11.5 Å². The van der Waals surface area contributed by atoms with Gasteiger partial charge in [-0.1, -0.05) is 12.1 Å². The van der Waals surface area contributed by atoms with Crippen LogP contribution in [0.15, 0.2) is 24.4 Å². The minimum atomic E-state index is -0.538. The summed E-state index contributed by atoms with van der Waals surface area (Å²) < 4.78 is 6.89. The van der Waals surface area contributed by atoms with Crippen LogP contribution in [0.3, 0.4) is 0 Å². The fraction of sp³-hybridized carbons (Fsp3) is 0.375. The number of amides is 1. The zero-order valence-corrected chi connectivity index (χ0v) is 13.6. The lowest BCUT2D eigenvalue weighted by atomic mass is 10.0. The van der Waals surface area contributed by atoms with Gasteiger partial charge >= 0.3 is 6.09 Å². The monoisotopic (exact) mass is 302 g/mol. The first-order valence-corrected chi connectivity index (χ1v) is 7.06. The first-order chi connectivity index (χ1) is 10.2. The van der Waals surface area contributed by atoms with Crippen molar-refractivity contribution in [1.29, 1.82) is 0 Å². The molecule has 6 heteroatoms. The maximum Gasteiger partial charge on any atom is 0.412 e. The maximum absolute atomic E-state index is 11.9. The van der Waals surface area contributed by atoms with Crippen LogP contribution in [0.4, 0.5) is 16.3 Å². The first-order valence-electron chi connectivity index (χ1n) is 7.06. The molecule has 2 aromatic rings. The van der Waals surface area contributed by atoms with Gasteiger partial charge in [-0.2, -0.15) is 5.10 Å². The SMILES string of the molecule is Cc1ccc(-c2cnn(C)c2N)cc1NC(=O)OC(C)(C)C. The van der Waals surface area contributed by atoms with Crippen LogP contribution >= 0.6 is 0 Å². The number of ether oxygens (including phenoxy) is 1. The van der Waals surface area contributed by atoms with Gasteiger partial charge in [-0.15, -0.1) is 0 Å². The number of carbonyl (C=O) groups excluding carboxylic acids is 1. The van der Waals surface area contributed by atoms with Crippen LogP contribution in [0, 0.1) is 6.92 Å². The predicted octanol–water partition coefficient (Wildman–Crippen LogP) is 3.32. The Morgan fingerprint density at radius 2 is 2.05 bits per heavy atom. The molecule has 0 saturated carbocycles. The molecule has 2 rings (SSSR count). The van der Waals surface area contributed by atoms with E-state index in [1.54, 1.807) is 17.9 Å². The zero-order valence-electron chi connectivity index (χ0n) is 13.6. The molecule has 22 heavy (non-hydrogen) atoms. The highest BCUT2D eigenvalue weighted by atomic mass is 16.6. The van der Waals surface area contributed by atoms with Crippen molar-refractivity contribution < 1.29 is 9.53 Å². The minimum Gasteiger partial charge on any atom is -0.444 e. The number of nitrogens with two attached hydrogens (primary N) is 1. The highest BCUT2D eigenvalue weighted by molar-refractivity contribution is 5.88. The second kappa shape index (κ2) is 5.71. The molecule has 1 heterocycles. The summed E-state index contributed by atoms with van der Waals surface area (Å²) in [5, 5.41) is 6.91. The number of hydrogen-bond donors (Lipinski definition) is 2. The van der Waals surface area contributed by atoms with Gasteiger partial charge in [-0.3, -0.25) is 10.00 Å². The van der Waals surface area contributed by atoms with Crippen LogP contribution in [-0.2, 0) is 11.8 Å². The van der Waals surface area contributed by atoms with Crippen LogP contribution in [-0.4, -0.2) is 21.5 Å². The Bertz CT molecular complexity index is 699. The highest BCUT2D eigenvalue weighted by Crippen LogP contribution is 2.29. The molecule has 1 aromatic carbocycles. The second-order valence-electron chi connectivity index (χ2n) is 6.22. The van der Waals surface area contributed by atoms with E-state index in [9.17, 15) is 4.79 Å². The zero-order chi connectivity index (χ0) is 16.5. The summed E-state index contributed by atoms with van der Waals surface area (Å²) in [5.74, 6) is 0.576. The third kappa shape index (κ3) is 3.58. The van der Waals surface area contributed by atoms with Gasteiger partial charge in [-0.05, 0) is 44.9 Å². The fourth-order valence-corrected chi connectivity index (χ4v) is 2.01. The molecule has 0 aliphatic carbocycles. The third-order valence-electron chi connectivity index (χ3n) is 3.17. The number of nitrogens with zero attached hydrogens (tertiary/aromatic N) is 2. The Hall–Kier alpha value is -2.50. The lowest BCUT2D eigenvalue weighted by Crippen LogP contribution is -2.27. The van der Waals surface area contributed by atoms with E-state index >= 15 is 0 Å². The van der Waals surface area contributed by atoms with Crippen LogP contribution in [0.25, 0.3) is 11.1 Å². The van der Waals surface area contributed by atoms with Crippen molar-refractivity contribution in [2.24, 2.45) is 7.05 Å². The topological polar surface area (TPSA) is 82.2 Å². The van der Waals surface area contributed by atoms with E-state index in [0.717, 1.165) is 16.7 Å². The molecule has 0 fully saturated rings. The van der Waals surface area contributed by atoms with Crippen molar-refractivity contribution in [3.63, 3.8) is 0 Å². The van der Waals surface area contributed by atoms with Gasteiger partial charge in [0.1, 0.15) is 11.4 Å². The van der Waals surface area contributed by atoms with E-state index in [1.807, 2.05) is 45.9 Å². The van der Waals surface area contributed by atoms with Gasteiger partial charge in [-0.25, -0.2) is 4.79 Å². The number of rotatable bonds is 2. The van der Waals surface area contributed by atoms with Crippen molar-refractivity contribution in [2.75, 3.05) is 11.1 Å². The fourth-order valence-electron chi connectivity index (χ4n) is 2.01. The molecule has 0 saturated heterocycles. The molecule has 0 aliphatic rings. The molecular weight excluding hydrogens is 280 g/mol. The number of nitrogen functional groups attached to an aromatic ring is 1. The average molecular weight is 302 g/mol. The summed E-state index contributed by atoms with van der Waals surface area (Å²) in [5.41, 5.74) is 8.81. The van der Waals surface area contributed by atoms with Crippen LogP contribution in [0.2, 0.25) is 0 Å². The number of benzene rings is 1. The molecule has 0 atom stereocenters. The van der Waals surface area contributed by atoms with Gasteiger partial charge in [0.25, 0.3) is 0 Å². The largest absolute Gasteiger partial charge is 0.444 e. The normalized spacial score (nSPS) is 11.3. The summed E-state index contributed by atoms with van der Waals surface area (Å²) in [6.45, 7) is 7.40. The molecule has 1 aromatic heterocycles. The Kier molecular flexibility index (Phi) is 4.12.